The van der Waals surface area contributed by atoms with E-state index in [1.54, 1.807) is 13.2 Å². The predicted octanol–water partition coefficient (Wildman–Crippen LogP) is 4.24. The number of anilines is 1. The van der Waals surface area contributed by atoms with Crippen LogP contribution >= 0.6 is 0 Å². The lowest BCUT2D eigenvalue weighted by Gasteiger charge is -2.18. The zero-order valence-corrected chi connectivity index (χ0v) is 11.7. The van der Waals surface area contributed by atoms with Crippen LogP contribution in [-0.4, -0.2) is 7.11 Å². The first-order chi connectivity index (χ1) is 9.67. The van der Waals surface area contributed by atoms with Crippen molar-refractivity contribution < 1.29 is 9.13 Å². The summed E-state index contributed by atoms with van der Waals surface area (Å²) < 4.78 is 18.6. The number of fused-ring (bicyclic) bond motifs is 1. The fourth-order valence-electron chi connectivity index (χ4n) is 2.86. The summed E-state index contributed by atoms with van der Waals surface area (Å²) in [5.74, 6) is 0.684. The molecule has 104 valence electrons. The Morgan fingerprint density at radius 3 is 2.85 bits per heavy atom. The minimum absolute atomic E-state index is 0.155. The molecule has 3 rings (SSSR count). The van der Waals surface area contributed by atoms with Gasteiger partial charge in [-0.1, -0.05) is 12.1 Å². The van der Waals surface area contributed by atoms with Crippen LogP contribution < -0.4 is 10.1 Å². The van der Waals surface area contributed by atoms with Crippen molar-refractivity contribution in [1.29, 1.82) is 0 Å². The monoisotopic (exact) mass is 271 g/mol. The maximum absolute atomic E-state index is 13.2. The molecule has 0 radical (unpaired) electrons. The molecule has 0 heterocycles. The Hall–Kier alpha value is -2.03. The molecule has 1 aliphatic rings. The molecule has 1 aliphatic carbocycles. The van der Waals surface area contributed by atoms with E-state index in [-0.39, 0.29) is 11.9 Å². The van der Waals surface area contributed by atoms with Crippen molar-refractivity contribution in [3.63, 3.8) is 0 Å². The molecule has 1 N–H and O–H groups in total. The van der Waals surface area contributed by atoms with Gasteiger partial charge in [-0.3, -0.25) is 0 Å². The van der Waals surface area contributed by atoms with E-state index in [0.29, 0.717) is 0 Å². The maximum atomic E-state index is 13.2. The van der Waals surface area contributed by atoms with E-state index >= 15 is 0 Å². The van der Waals surface area contributed by atoms with Crippen molar-refractivity contribution in [3.05, 3.63) is 58.9 Å². The molecule has 20 heavy (non-hydrogen) atoms. The fraction of sp³-hybridized carbons (Fsp3) is 0.294. The van der Waals surface area contributed by atoms with E-state index in [1.165, 1.54) is 17.2 Å². The lowest BCUT2D eigenvalue weighted by Crippen LogP contribution is -2.08. The van der Waals surface area contributed by atoms with Gasteiger partial charge in [0.05, 0.1) is 18.8 Å². The van der Waals surface area contributed by atoms with Crippen LogP contribution in [0.4, 0.5) is 10.1 Å². The highest BCUT2D eigenvalue weighted by atomic mass is 19.1. The largest absolute Gasteiger partial charge is 0.495 e. The van der Waals surface area contributed by atoms with Gasteiger partial charge in [-0.05, 0) is 60.7 Å². The first-order valence-electron chi connectivity index (χ1n) is 6.87. The Morgan fingerprint density at radius 2 is 2.05 bits per heavy atom. The molecule has 2 aromatic carbocycles. The second-order valence-electron chi connectivity index (χ2n) is 5.28. The number of nitrogens with one attached hydrogen (secondary N) is 1. The van der Waals surface area contributed by atoms with E-state index < -0.39 is 0 Å². The van der Waals surface area contributed by atoms with Crippen molar-refractivity contribution in [3.8, 4) is 5.75 Å². The zero-order chi connectivity index (χ0) is 14.1. The van der Waals surface area contributed by atoms with Crippen LogP contribution in [0.15, 0.2) is 36.4 Å². The average Bonchev–Trinajstić information content (AvgIpc) is 2.81. The van der Waals surface area contributed by atoms with Crippen LogP contribution in [0, 0.1) is 12.7 Å². The number of aryl methyl sites for hydroxylation is 2. The number of methoxy groups -OCH3 is 1. The van der Waals surface area contributed by atoms with Crippen molar-refractivity contribution in [2.24, 2.45) is 0 Å². The molecule has 0 amide bonds. The molecular weight excluding hydrogens is 253 g/mol. The molecule has 1 atom stereocenters. The molecular formula is C17H18FNO. The van der Waals surface area contributed by atoms with Gasteiger partial charge in [0.1, 0.15) is 11.6 Å². The smallest absolute Gasteiger partial charge is 0.141 e. The van der Waals surface area contributed by atoms with Gasteiger partial charge in [0.2, 0.25) is 0 Å². The Kier molecular flexibility index (Phi) is 3.35. The molecule has 2 nitrogen and oxygen atoms in total. The predicted molar refractivity (Wildman–Crippen MR) is 78.8 cm³/mol. The molecule has 3 heteroatoms. The summed E-state index contributed by atoms with van der Waals surface area (Å²) in [6.45, 7) is 2.06. The molecule has 0 spiro atoms. The summed E-state index contributed by atoms with van der Waals surface area (Å²) in [5.41, 5.74) is 4.48. The van der Waals surface area contributed by atoms with Gasteiger partial charge in [-0.25, -0.2) is 4.39 Å². The highest BCUT2D eigenvalue weighted by molar-refractivity contribution is 5.59. The van der Waals surface area contributed by atoms with E-state index in [2.05, 4.69) is 18.3 Å². The first kappa shape index (κ1) is 13.0. The normalized spacial score (nSPS) is 16.9. The molecule has 0 aliphatic heterocycles. The van der Waals surface area contributed by atoms with Crippen molar-refractivity contribution in [1.82, 2.24) is 0 Å². The summed E-state index contributed by atoms with van der Waals surface area (Å²) in [6, 6.07) is 11.4. The highest BCUT2D eigenvalue weighted by Gasteiger charge is 2.23. The highest BCUT2D eigenvalue weighted by Crippen LogP contribution is 2.36. The number of rotatable bonds is 3. The standard InChI is InChI=1S/C17H18FNO/c1-11-3-8-17(20-2)16(9-11)19-15-7-4-12-10-13(18)5-6-14(12)15/h3,5-6,8-10,15,19H,4,7H2,1-2H3. The Labute approximate surface area is 118 Å². The second-order valence-corrected chi connectivity index (χ2v) is 5.28. The van der Waals surface area contributed by atoms with Gasteiger partial charge in [-0.2, -0.15) is 0 Å². The minimum atomic E-state index is -0.155. The number of halogens is 1. The molecule has 0 saturated heterocycles. The lowest BCUT2D eigenvalue weighted by atomic mass is 10.1. The molecule has 0 fully saturated rings. The van der Waals surface area contributed by atoms with Crippen LogP contribution in [0.1, 0.15) is 29.2 Å². The number of ether oxygens (including phenoxy) is 1. The van der Waals surface area contributed by atoms with E-state index in [1.807, 2.05) is 18.2 Å². The second kappa shape index (κ2) is 5.16. The van der Waals surface area contributed by atoms with Gasteiger partial charge in [0, 0.05) is 0 Å². The van der Waals surface area contributed by atoms with Gasteiger partial charge in [-0.15, -0.1) is 0 Å². The summed E-state index contributed by atoms with van der Waals surface area (Å²) >= 11 is 0. The van der Waals surface area contributed by atoms with E-state index in [4.69, 9.17) is 4.74 Å². The fourth-order valence-corrected chi connectivity index (χ4v) is 2.86. The zero-order valence-electron chi connectivity index (χ0n) is 11.7. The quantitative estimate of drug-likeness (QED) is 0.901. The summed E-state index contributed by atoms with van der Waals surface area (Å²) in [7, 11) is 1.67. The third-order valence-electron chi connectivity index (χ3n) is 3.87. The van der Waals surface area contributed by atoms with Crippen LogP contribution in [0.25, 0.3) is 0 Å². The van der Waals surface area contributed by atoms with Gasteiger partial charge >= 0.3 is 0 Å². The SMILES string of the molecule is COc1ccc(C)cc1NC1CCc2cc(F)ccc21. The van der Waals surface area contributed by atoms with Crippen molar-refractivity contribution in [2.45, 2.75) is 25.8 Å². The lowest BCUT2D eigenvalue weighted by molar-refractivity contribution is 0.416. The summed E-state index contributed by atoms with van der Waals surface area (Å²) in [6.07, 6.45) is 1.90. The minimum Gasteiger partial charge on any atom is -0.495 e. The first-order valence-corrected chi connectivity index (χ1v) is 6.87. The maximum Gasteiger partial charge on any atom is 0.141 e. The van der Waals surface area contributed by atoms with E-state index in [9.17, 15) is 4.39 Å². The van der Waals surface area contributed by atoms with Crippen LogP contribution in [0.3, 0.4) is 0 Å². The number of hydrogen-bond acceptors (Lipinski definition) is 2. The molecule has 0 saturated carbocycles. The van der Waals surface area contributed by atoms with E-state index in [0.717, 1.165) is 29.8 Å². The molecule has 1 unspecified atom stereocenters. The van der Waals surface area contributed by atoms with Crippen molar-refractivity contribution >= 4 is 5.69 Å². The van der Waals surface area contributed by atoms with Crippen LogP contribution in [0.5, 0.6) is 5.75 Å². The average molecular weight is 271 g/mol. The topological polar surface area (TPSA) is 21.3 Å². The van der Waals surface area contributed by atoms with Crippen LogP contribution in [-0.2, 0) is 6.42 Å². The third-order valence-corrected chi connectivity index (χ3v) is 3.87. The number of benzene rings is 2. The molecule has 0 bridgehead atoms. The molecule has 2 aromatic rings. The van der Waals surface area contributed by atoms with Gasteiger partial charge in [0.25, 0.3) is 0 Å². The summed E-state index contributed by atoms with van der Waals surface area (Å²) in [5, 5.41) is 3.53. The van der Waals surface area contributed by atoms with Crippen LogP contribution in [0.2, 0.25) is 0 Å². The third kappa shape index (κ3) is 2.36. The Balaban J connectivity index is 1.89. The Morgan fingerprint density at radius 1 is 1.20 bits per heavy atom. The van der Waals surface area contributed by atoms with Gasteiger partial charge in [0.15, 0.2) is 0 Å². The Bertz CT molecular complexity index is 639. The summed E-state index contributed by atoms with van der Waals surface area (Å²) in [4.78, 5) is 0. The van der Waals surface area contributed by atoms with Gasteiger partial charge < -0.3 is 10.1 Å². The molecule has 0 aromatic heterocycles. The number of hydrogen-bond donors (Lipinski definition) is 1. The van der Waals surface area contributed by atoms with Crippen molar-refractivity contribution in [2.75, 3.05) is 12.4 Å².